The normalized spacial score (nSPS) is 18.2. The van der Waals surface area contributed by atoms with Crippen molar-refractivity contribution in [3.63, 3.8) is 0 Å². The quantitative estimate of drug-likeness (QED) is 0.252. The molecule has 3 aromatic carbocycles. The first-order chi connectivity index (χ1) is 16.1. The van der Waals surface area contributed by atoms with Gasteiger partial charge in [0.15, 0.2) is 11.6 Å². The van der Waals surface area contributed by atoms with Gasteiger partial charge in [-0.1, -0.05) is 80.8 Å². The maximum Gasteiger partial charge on any atom is 0.166 e. The molecule has 1 fully saturated rings. The van der Waals surface area contributed by atoms with Crippen LogP contribution in [0.5, 0.6) is 0 Å². The van der Waals surface area contributed by atoms with E-state index in [0.29, 0.717) is 17.2 Å². The largest absolute Gasteiger partial charge is 0.204 e. The van der Waals surface area contributed by atoms with Crippen molar-refractivity contribution < 1.29 is 8.78 Å². The van der Waals surface area contributed by atoms with Gasteiger partial charge < -0.3 is 0 Å². The lowest BCUT2D eigenvalue weighted by atomic mass is 9.78. The van der Waals surface area contributed by atoms with Crippen molar-refractivity contribution in [1.82, 2.24) is 0 Å². The summed E-state index contributed by atoms with van der Waals surface area (Å²) in [7, 11) is 0. The van der Waals surface area contributed by atoms with Crippen LogP contribution in [0.4, 0.5) is 8.78 Å². The summed E-state index contributed by atoms with van der Waals surface area (Å²) in [6, 6.07) is 17.4. The molecule has 1 aliphatic carbocycles. The molecule has 0 spiro atoms. The lowest BCUT2D eigenvalue weighted by Crippen LogP contribution is -2.12. The molecule has 1 saturated carbocycles. The van der Waals surface area contributed by atoms with E-state index in [-0.39, 0.29) is 0 Å². The van der Waals surface area contributed by atoms with Crippen LogP contribution in [0.25, 0.3) is 10.8 Å². The molecule has 0 saturated heterocycles. The highest BCUT2D eigenvalue weighted by Crippen LogP contribution is 2.37. The fourth-order valence-corrected chi connectivity index (χ4v) is 4.98. The van der Waals surface area contributed by atoms with Crippen LogP contribution in [0, 0.1) is 29.4 Å². The molecule has 0 bridgehead atoms. The first kappa shape index (κ1) is 23.5. The summed E-state index contributed by atoms with van der Waals surface area (Å²) in [5, 5.41) is 1.14. The second-order valence-electron chi connectivity index (χ2n) is 9.52. The van der Waals surface area contributed by atoms with Crippen LogP contribution in [0.2, 0.25) is 0 Å². The number of hydrogen-bond acceptors (Lipinski definition) is 0. The van der Waals surface area contributed by atoms with E-state index in [0.717, 1.165) is 43.1 Å². The molecule has 0 amide bonds. The summed E-state index contributed by atoms with van der Waals surface area (Å²) in [5.41, 5.74) is 3.75. The van der Waals surface area contributed by atoms with Gasteiger partial charge in [0.05, 0.1) is 0 Å². The smallest absolute Gasteiger partial charge is 0.166 e. The maximum absolute atomic E-state index is 14.0. The lowest BCUT2D eigenvalue weighted by molar-refractivity contribution is 0.385. The Morgan fingerprint density at radius 1 is 0.818 bits per heavy atom. The molecule has 0 radical (unpaired) electrons. The zero-order valence-electron chi connectivity index (χ0n) is 19.7. The molecular weight excluding hydrogens is 410 g/mol. The van der Waals surface area contributed by atoms with Crippen LogP contribution in [-0.4, -0.2) is 0 Å². The van der Waals surface area contributed by atoms with Crippen molar-refractivity contribution in [3.05, 3.63) is 82.9 Å². The van der Waals surface area contributed by atoms with Gasteiger partial charge in [-0.3, -0.25) is 0 Å². The Morgan fingerprint density at radius 2 is 1.58 bits per heavy atom. The fraction of sp³-hybridized carbons (Fsp3) is 0.419. The topological polar surface area (TPSA) is 0 Å². The Kier molecular flexibility index (Phi) is 8.16. The van der Waals surface area contributed by atoms with E-state index in [1.807, 2.05) is 12.1 Å². The van der Waals surface area contributed by atoms with Crippen LogP contribution in [0.1, 0.15) is 87.3 Å². The molecule has 0 atom stereocenters. The summed E-state index contributed by atoms with van der Waals surface area (Å²) >= 11 is 0. The zero-order valence-corrected chi connectivity index (χ0v) is 19.7. The fourth-order valence-electron chi connectivity index (χ4n) is 4.98. The van der Waals surface area contributed by atoms with Crippen molar-refractivity contribution in [2.24, 2.45) is 5.92 Å². The Balaban J connectivity index is 1.28. The van der Waals surface area contributed by atoms with Crippen LogP contribution < -0.4 is 0 Å². The van der Waals surface area contributed by atoms with Crippen LogP contribution in [0.3, 0.4) is 0 Å². The van der Waals surface area contributed by atoms with Gasteiger partial charge in [0.25, 0.3) is 0 Å². The highest BCUT2D eigenvalue weighted by Gasteiger charge is 2.21. The third-order valence-corrected chi connectivity index (χ3v) is 7.07. The summed E-state index contributed by atoms with van der Waals surface area (Å²) in [4.78, 5) is 0. The number of benzene rings is 3. The molecule has 0 heterocycles. The standard InChI is InChI=1S/C31H34F2/c1-2-3-4-5-6-7-23-8-10-24(11-9-23)12-13-25-14-16-26(17-15-25)27-18-20-29-28(22-27)19-21-30(32)31(29)33/h8-11,18-22,25-26H,2-7,14-17H2,1H3. The number of halogens is 2. The Hall–Kier alpha value is -2.66. The van der Waals surface area contributed by atoms with Crippen LogP contribution in [0.15, 0.2) is 54.6 Å². The molecule has 0 aliphatic heterocycles. The Bertz CT molecular complexity index is 1110. The minimum Gasteiger partial charge on any atom is -0.204 e. The van der Waals surface area contributed by atoms with Gasteiger partial charge in [-0.2, -0.15) is 0 Å². The highest BCUT2D eigenvalue weighted by molar-refractivity contribution is 5.84. The number of fused-ring (bicyclic) bond motifs is 1. The molecule has 33 heavy (non-hydrogen) atoms. The molecule has 172 valence electrons. The highest BCUT2D eigenvalue weighted by atomic mass is 19.2. The van der Waals surface area contributed by atoms with Crippen molar-refractivity contribution >= 4 is 10.8 Å². The van der Waals surface area contributed by atoms with E-state index in [2.05, 4.69) is 43.0 Å². The Morgan fingerprint density at radius 3 is 2.33 bits per heavy atom. The van der Waals surface area contributed by atoms with E-state index in [1.165, 1.54) is 49.3 Å². The number of unbranched alkanes of at least 4 members (excludes halogenated alkanes) is 4. The van der Waals surface area contributed by atoms with Crippen LogP contribution >= 0.6 is 0 Å². The monoisotopic (exact) mass is 444 g/mol. The maximum atomic E-state index is 14.0. The Labute approximate surface area is 197 Å². The van der Waals surface area contributed by atoms with Crippen molar-refractivity contribution in [3.8, 4) is 11.8 Å². The summed E-state index contributed by atoms with van der Waals surface area (Å²) in [6.45, 7) is 2.25. The summed E-state index contributed by atoms with van der Waals surface area (Å²) < 4.78 is 27.4. The third-order valence-electron chi connectivity index (χ3n) is 7.07. The third kappa shape index (κ3) is 6.23. The second-order valence-corrected chi connectivity index (χ2v) is 9.52. The average Bonchev–Trinajstić information content (AvgIpc) is 2.86. The molecule has 3 aromatic rings. The second kappa shape index (κ2) is 11.5. The molecule has 2 heteroatoms. The van der Waals surface area contributed by atoms with E-state index < -0.39 is 11.6 Å². The average molecular weight is 445 g/mol. The first-order valence-corrected chi connectivity index (χ1v) is 12.6. The van der Waals surface area contributed by atoms with Crippen LogP contribution in [-0.2, 0) is 6.42 Å². The SMILES string of the molecule is CCCCCCCc1ccc(C#CC2CCC(c3ccc4c(F)c(F)ccc4c3)CC2)cc1. The molecule has 1 aliphatic rings. The van der Waals surface area contributed by atoms with E-state index in [9.17, 15) is 8.78 Å². The van der Waals surface area contributed by atoms with Gasteiger partial charge >= 0.3 is 0 Å². The van der Waals surface area contributed by atoms with Gasteiger partial charge in [-0.25, -0.2) is 8.78 Å². The van der Waals surface area contributed by atoms with Gasteiger partial charge in [0.1, 0.15) is 0 Å². The molecular formula is C31H34F2. The zero-order chi connectivity index (χ0) is 23.0. The van der Waals surface area contributed by atoms with Gasteiger partial charge in [0, 0.05) is 16.9 Å². The van der Waals surface area contributed by atoms with E-state index in [1.54, 1.807) is 12.1 Å². The van der Waals surface area contributed by atoms with Gasteiger partial charge in [0.2, 0.25) is 0 Å². The number of hydrogen-bond donors (Lipinski definition) is 0. The number of aryl methyl sites for hydroxylation is 1. The summed E-state index contributed by atoms with van der Waals surface area (Å²) in [6.07, 6.45) is 12.1. The molecule has 0 nitrogen and oxygen atoms in total. The van der Waals surface area contributed by atoms with Gasteiger partial charge in [-0.05, 0) is 79.2 Å². The predicted molar refractivity (Wildman–Crippen MR) is 134 cm³/mol. The van der Waals surface area contributed by atoms with Crippen molar-refractivity contribution in [1.29, 1.82) is 0 Å². The molecule has 0 N–H and O–H groups in total. The molecule has 4 rings (SSSR count). The number of rotatable bonds is 7. The molecule has 0 aromatic heterocycles. The lowest BCUT2D eigenvalue weighted by Gasteiger charge is -2.26. The van der Waals surface area contributed by atoms with Crippen molar-refractivity contribution in [2.45, 2.75) is 77.0 Å². The molecule has 0 unspecified atom stereocenters. The van der Waals surface area contributed by atoms with Gasteiger partial charge in [-0.15, -0.1) is 0 Å². The minimum absolute atomic E-state index is 0.362. The van der Waals surface area contributed by atoms with E-state index in [4.69, 9.17) is 0 Å². The predicted octanol–water partition coefficient (Wildman–Crippen LogP) is 8.96. The minimum atomic E-state index is -0.786. The van der Waals surface area contributed by atoms with Crippen molar-refractivity contribution in [2.75, 3.05) is 0 Å². The first-order valence-electron chi connectivity index (χ1n) is 12.6. The van der Waals surface area contributed by atoms with E-state index >= 15 is 0 Å². The summed E-state index contributed by atoms with van der Waals surface area (Å²) in [5.74, 6) is 6.26.